The van der Waals surface area contributed by atoms with Crippen molar-refractivity contribution in [2.45, 2.75) is 71.2 Å². The molecule has 2 amide bonds. The number of ether oxygens (including phenoxy) is 1. The van der Waals surface area contributed by atoms with Crippen LogP contribution in [0.5, 0.6) is 0 Å². The summed E-state index contributed by atoms with van der Waals surface area (Å²) in [5.74, 6) is -0.153. The number of alkyl carbamates (subject to hydrolysis) is 1. The van der Waals surface area contributed by atoms with Crippen LogP contribution >= 0.6 is 11.3 Å². The molecule has 26 heavy (non-hydrogen) atoms. The van der Waals surface area contributed by atoms with Crippen LogP contribution in [0.2, 0.25) is 0 Å². The smallest absolute Gasteiger partial charge is 0.408 e. The van der Waals surface area contributed by atoms with Crippen LogP contribution in [0.1, 0.15) is 45.9 Å². The lowest BCUT2D eigenvalue weighted by molar-refractivity contribution is -0.123. The van der Waals surface area contributed by atoms with Crippen molar-refractivity contribution in [3.8, 4) is 0 Å². The van der Waals surface area contributed by atoms with Crippen LogP contribution in [0.15, 0.2) is 17.5 Å². The van der Waals surface area contributed by atoms with E-state index in [1.54, 1.807) is 32.1 Å². The van der Waals surface area contributed by atoms with E-state index in [0.29, 0.717) is 12.5 Å². The number of rotatable bonds is 6. The van der Waals surface area contributed by atoms with Crippen LogP contribution in [0.25, 0.3) is 0 Å². The highest BCUT2D eigenvalue weighted by Crippen LogP contribution is 2.15. The number of likely N-dealkylation sites (tertiary alicyclic amines) is 1. The van der Waals surface area contributed by atoms with E-state index in [2.05, 4.69) is 29.4 Å². The Balaban J connectivity index is 1.98. The summed E-state index contributed by atoms with van der Waals surface area (Å²) in [4.78, 5) is 28.4. The van der Waals surface area contributed by atoms with Crippen molar-refractivity contribution in [2.24, 2.45) is 0 Å². The summed E-state index contributed by atoms with van der Waals surface area (Å²) in [5, 5.41) is 7.81. The maximum Gasteiger partial charge on any atom is 0.408 e. The number of carbonyl (C=O) groups excluding carboxylic acids is 2. The minimum absolute atomic E-state index is 0.121. The number of hydrogen-bond acceptors (Lipinski definition) is 5. The molecule has 0 saturated carbocycles. The number of amides is 2. The summed E-state index contributed by atoms with van der Waals surface area (Å²) in [6, 6.07) is 3.86. The Labute approximate surface area is 160 Å². The Morgan fingerprint density at radius 3 is 2.65 bits per heavy atom. The first kappa shape index (κ1) is 20.7. The molecule has 2 unspecified atom stereocenters. The van der Waals surface area contributed by atoms with Gasteiger partial charge in [0.2, 0.25) is 5.91 Å². The lowest BCUT2D eigenvalue weighted by Gasteiger charge is -2.24. The largest absolute Gasteiger partial charge is 0.444 e. The second-order valence-corrected chi connectivity index (χ2v) is 9.10. The minimum atomic E-state index is -0.642. The zero-order valence-electron chi connectivity index (χ0n) is 16.4. The van der Waals surface area contributed by atoms with Gasteiger partial charge in [-0.05, 0) is 52.5 Å². The molecule has 0 aromatic carbocycles. The lowest BCUT2D eigenvalue weighted by Crippen LogP contribution is -2.52. The van der Waals surface area contributed by atoms with Gasteiger partial charge < -0.3 is 15.4 Å². The first-order valence-electron chi connectivity index (χ1n) is 9.20. The summed E-state index contributed by atoms with van der Waals surface area (Å²) in [6.07, 6.45) is 0.829. The van der Waals surface area contributed by atoms with Crippen LogP contribution in [0.3, 0.4) is 0 Å². The van der Waals surface area contributed by atoms with Crippen molar-refractivity contribution in [1.29, 1.82) is 0 Å². The summed E-state index contributed by atoms with van der Waals surface area (Å²) in [7, 11) is 0. The third kappa shape index (κ3) is 6.61. The van der Waals surface area contributed by atoms with E-state index in [4.69, 9.17) is 4.74 Å². The van der Waals surface area contributed by atoms with Gasteiger partial charge in [0.25, 0.3) is 0 Å². The maximum absolute atomic E-state index is 12.8. The first-order chi connectivity index (χ1) is 12.1. The van der Waals surface area contributed by atoms with Crippen molar-refractivity contribution < 1.29 is 14.3 Å². The summed E-state index contributed by atoms with van der Waals surface area (Å²) in [5.41, 5.74) is -0.600. The van der Waals surface area contributed by atoms with Crippen molar-refractivity contribution in [2.75, 3.05) is 13.1 Å². The van der Waals surface area contributed by atoms with Crippen LogP contribution in [-0.2, 0) is 16.0 Å². The van der Waals surface area contributed by atoms with Crippen molar-refractivity contribution in [3.05, 3.63) is 22.4 Å². The molecule has 1 aromatic heterocycles. The molecule has 0 bridgehead atoms. The SMILES string of the molecule is CC(C)N1CCC(NC(=O)C(Cc2cccs2)NC(=O)OC(C)(C)C)C1. The van der Waals surface area contributed by atoms with Crippen LogP contribution < -0.4 is 10.6 Å². The van der Waals surface area contributed by atoms with E-state index < -0.39 is 17.7 Å². The highest BCUT2D eigenvalue weighted by Gasteiger charge is 2.30. The average Bonchev–Trinajstić information content (AvgIpc) is 3.16. The van der Waals surface area contributed by atoms with Gasteiger partial charge >= 0.3 is 6.09 Å². The molecule has 2 atom stereocenters. The third-order valence-corrected chi connectivity index (χ3v) is 5.19. The molecule has 2 heterocycles. The molecule has 1 fully saturated rings. The van der Waals surface area contributed by atoms with Gasteiger partial charge in [0.1, 0.15) is 11.6 Å². The standard InChI is InChI=1S/C19H31N3O3S/c1-13(2)22-9-8-14(12-22)20-17(23)16(11-15-7-6-10-26-15)21-18(24)25-19(3,4)5/h6-7,10,13-14,16H,8-9,11-12H2,1-5H3,(H,20,23)(H,21,24). The highest BCUT2D eigenvalue weighted by molar-refractivity contribution is 7.09. The molecule has 1 aromatic rings. The first-order valence-corrected chi connectivity index (χ1v) is 10.1. The van der Waals surface area contributed by atoms with Crippen LogP contribution in [0, 0.1) is 0 Å². The Hall–Kier alpha value is -1.60. The molecule has 2 rings (SSSR count). The van der Waals surface area contributed by atoms with Gasteiger partial charge in [0.15, 0.2) is 0 Å². The van der Waals surface area contributed by atoms with E-state index in [1.165, 1.54) is 0 Å². The van der Waals surface area contributed by atoms with Crippen molar-refractivity contribution in [3.63, 3.8) is 0 Å². The van der Waals surface area contributed by atoms with E-state index in [-0.39, 0.29) is 11.9 Å². The summed E-state index contributed by atoms with van der Waals surface area (Å²) in [6.45, 7) is 11.6. The molecule has 0 aliphatic carbocycles. The van der Waals surface area contributed by atoms with Gasteiger partial charge in [-0.25, -0.2) is 4.79 Å². The van der Waals surface area contributed by atoms with Crippen molar-refractivity contribution >= 4 is 23.3 Å². The maximum atomic E-state index is 12.8. The zero-order chi connectivity index (χ0) is 19.3. The number of nitrogens with one attached hydrogen (secondary N) is 2. The van der Waals surface area contributed by atoms with E-state index in [1.807, 2.05) is 17.5 Å². The number of thiophene rings is 1. The predicted octanol–water partition coefficient (Wildman–Crippen LogP) is 2.78. The summed E-state index contributed by atoms with van der Waals surface area (Å²) >= 11 is 1.58. The number of hydrogen-bond donors (Lipinski definition) is 2. The number of carbonyl (C=O) groups is 2. The minimum Gasteiger partial charge on any atom is -0.444 e. The fourth-order valence-corrected chi connectivity index (χ4v) is 3.72. The molecule has 6 nitrogen and oxygen atoms in total. The van der Waals surface area contributed by atoms with E-state index >= 15 is 0 Å². The molecule has 2 N–H and O–H groups in total. The zero-order valence-corrected chi connectivity index (χ0v) is 17.2. The molecule has 1 aliphatic heterocycles. The Bertz CT molecular complexity index is 596. The van der Waals surface area contributed by atoms with Gasteiger partial charge in [-0.3, -0.25) is 9.69 Å². The number of nitrogens with zero attached hydrogens (tertiary/aromatic N) is 1. The topological polar surface area (TPSA) is 70.7 Å². The van der Waals surface area contributed by atoms with Gasteiger partial charge in [-0.2, -0.15) is 0 Å². The lowest BCUT2D eigenvalue weighted by atomic mass is 10.1. The van der Waals surface area contributed by atoms with Crippen LogP contribution in [0.4, 0.5) is 4.79 Å². The molecule has 7 heteroatoms. The second kappa shape index (κ2) is 8.86. The van der Waals surface area contributed by atoms with Gasteiger partial charge in [-0.15, -0.1) is 11.3 Å². The normalized spacial score (nSPS) is 19.4. The van der Waals surface area contributed by atoms with Gasteiger partial charge in [-0.1, -0.05) is 6.07 Å². The fourth-order valence-electron chi connectivity index (χ4n) is 2.96. The van der Waals surface area contributed by atoms with Gasteiger partial charge in [0, 0.05) is 36.5 Å². The molecule has 146 valence electrons. The molecule has 1 saturated heterocycles. The van der Waals surface area contributed by atoms with E-state index in [0.717, 1.165) is 24.4 Å². The van der Waals surface area contributed by atoms with E-state index in [9.17, 15) is 9.59 Å². The molecule has 0 radical (unpaired) electrons. The highest BCUT2D eigenvalue weighted by atomic mass is 32.1. The molecule has 1 aliphatic rings. The molecular formula is C19H31N3O3S. The monoisotopic (exact) mass is 381 g/mol. The molecular weight excluding hydrogens is 350 g/mol. The second-order valence-electron chi connectivity index (χ2n) is 8.07. The quantitative estimate of drug-likeness (QED) is 0.795. The van der Waals surface area contributed by atoms with Gasteiger partial charge in [0.05, 0.1) is 0 Å². The predicted molar refractivity (Wildman–Crippen MR) is 104 cm³/mol. The fraction of sp³-hybridized carbons (Fsp3) is 0.684. The van der Waals surface area contributed by atoms with Crippen molar-refractivity contribution in [1.82, 2.24) is 15.5 Å². The summed E-state index contributed by atoms with van der Waals surface area (Å²) < 4.78 is 5.32. The van der Waals surface area contributed by atoms with Crippen LogP contribution in [-0.4, -0.2) is 53.7 Å². The Morgan fingerprint density at radius 1 is 1.38 bits per heavy atom. The molecule has 0 spiro atoms. The average molecular weight is 382 g/mol. The third-order valence-electron chi connectivity index (χ3n) is 4.29. The Kier molecular flexibility index (Phi) is 7.06. The Morgan fingerprint density at radius 2 is 2.12 bits per heavy atom.